The van der Waals surface area contributed by atoms with Crippen molar-refractivity contribution in [1.82, 2.24) is 0 Å². The number of hydrogen-bond donors (Lipinski definition) is 1. The second-order valence-electron chi connectivity index (χ2n) is 4.60. The van der Waals surface area contributed by atoms with E-state index in [4.69, 9.17) is 14.6 Å². The predicted octanol–water partition coefficient (Wildman–Crippen LogP) is 0.593. The quantitative estimate of drug-likeness (QED) is 0.584. The fraction of sp³-hybridized carbons (Fsp3) is 0.462. The highest BCUT2D eigenvalue weighted by molar-refractivity contribution is 7.89. The molecule has 0 aliphatic rings. The number of benzene rings is 1. The summed E-state index contributed by atoms with van der Waals surface area (Å²) < 4.78 is 33.1. The lowest BCUT2D eigenvalue weighted by Gasteiger charge is -2.17. The summed E-state index contributed by atoms with van der Waals surface area (Å²) in [5.74, 6) is -0.596. The third kappa shape index (κ3) is 5.00. The minimum absolute atomic E-state index is 0.112. The molecule has 1 aromatic carbocycles. The highest BCUT2D eigenvalue weighted by Gasteiger charge is 2.19. The molecular formula is C13H20N2O5S. The molecule has 1 aromatic rings. The van der Waals surface area contributed by atoms with Crippen molar-refractivity contribution in [2.24, 2.45) is 5.14 Å². The number of carbonyl (C=O) groups excluding carboxylic acids is 1. The van der Waals surface area contributed by atoms with Gasteiger partial charge >= 0.3 is 5.97 Å². The number of nitrogens with zero attached hydrogens (tertiary/aromatic N) is 1. The Morgan fingerprint density at radius 1 is 1.29 bits per heavy atom. The number of sulfonamides is 1. The number of rotatable bonds is 7. The smallest absolute Gasteiger partial charge is 0.338 e. The molecule has 0 radical (unpaired) electrons. The van der Waals surface area contributed by atoms with Gasteiger partial charge in [-0.15, -0.1) is 0 Å². The zero-order chi connectivity index (χ0) is 16.0. The van der Waals surface area contributed by atoms with E-state index in [1.165, 1.54) is 18.2 Å². The van der Waals surface area contributed by atoms with Gasteiger partial charge in [-0.3, -0.25) is 0 Å². The molecule has 118 valence electrons. The van der Waals surface area contributed by atoms with Crippen LogP contribution in [-0.4, -0.2) is 48.8 Å². The third-order valence-electron chi connectivity index (χ3n) is 2.71. The molecule has 0 spiro atoms. The van der Waals surface area contributed by atoms with Crippen molar-refractivity contribution in [3.05, 3.63) is 23.8 Å². The summed E-state index contributed by atoms with van der Waals surface area (Å²) in [5, 5.41) is 5.18. The Morgan fingerprint density at radius 3 is 2.48 bits per heavy atom. The summed E-state index contributed by atoms with van der Waals surface area (Å²) in [6, 6.07) is 4.25. The SMILES string of the molecule is COCCCOC(=O)c1ccc(N(C)C)c(S(N)(=O)=O)c1. The molecule has 8 heteroatoms. The summed E-state index contributed by atoms with van der Waals surface area (Å²) in [5.41, 5.74) is 0.551. The van der Waals surface area contributed by atoms with Crippen molar-refractivity contribution in [2.75, 3.05) is 39.3 Å². The van der Waals surface area contributed by atoms with E-state index in [1.807, 2.05) is 0 Å². The van der Waals surface area contributed by atoms with Crippen LogP contribution in [0.25, 0.3) is 0 Å². The van der Waals surface area contributed by atoms with E-state index in [-0.39, 0.29) is 17.1 Å². The van der Waals surface area contributed by atoms with Crippen molar-refractivity contribution in [3.63, 3.8) is 0 Å². The lowest BCUT2D eigenvalue weighted by molar-refractivity contribution is 0.0468. The first-order chi connectivity index (χ1) is 9.77. The number of hydrogen-bond acceptors (Lipinski definition) is 6. The Morgan fingerprint density at radius 2 is 1.95 bits per heavy atom. The molecule has 0 atom stereocenters. The Hall–Kier alpha value is -1.64. The number of methoxy groups -OCH3 is 1. The fourth-order valence-corrected chi connectivity index (χ4v) is 2.52. The third-order valence-corrected chi connectivity index (χ3v) is 3.65. The maximum absolute atomic E-state index is 11.9. The first-order valence-corrected chi connectivity index (χ1v) is 7.82. The molecule has 1 rings (SSSR count). The van der Waals surface area contributed by atoms with Crippen LogP contribution in [0.5, 0.6) is 0 Å². The van der Waals surface area contributed by atoms with Gasteiger partial charge in [0.2, 0.25) is 10.0 Å². The topological polar surface area (TPSA) is 98.9 Å². The molecule has 0 aromatic heterocycles. The molecule has 7 nitrogen and oxygen atoms in total. The Kier molecular flexibility index (Phi) is 6.13. The number of anilines is 1. The molecule has 0 saturated carbocycles. The van der Waals surface area contributed by atoms with Crippen molar-refractivity contribution in [1.29, 1.82) is 0 Å². The molecule has 0 amide bonds. The number of primary sulfonamides is 1. The Balaban J connectivity index is 2.98. The second kappa shape index (κ2) is 7.39. The zero-order valence-corrected chi connectivity index (χ0v) is 13.1. The van der Waals surface area contributed by atoms with Crippen LogP contribution in [0.3, 0.4) is 0 Å². The van der Waals surface area contributed by atoms with Gasteiger partial charge < -0.3 is 14.4 Å². The molecule has 21 heavy (non-hydrogen) atoms. The van der Waals surface area contributed by atoms with Gasteiger partial charge in [0.1, 0.15) is 4.90 Å². The van der Waals surface area contributed by atoms with Gasteiger partial charge in [0.05, 0.1) is 17.9 Å². The summed E-state index contributed by atoms with van der Waals surface area (Å²) in [6.07, 6.45) is 0.570. The highest BCUT2D eigenvalue weighted by atomic mass is 32.2. The van der Waals surface area contributed by atoms with Gasteiger partial charge in [-0.2, -0.15) is 0 Å². The van der Waals surface area contributed by atoms with Crippen LogP contribution in [0.2, 0.25) is 0 Å². The van der Waals surface area contributed by atoms with Crippen LogP contribution in [0.1, 0.15) is 16.8 Å². The maximum Gasteiger partial charge on any atom is 0.338 e. The summed E-state index contributed by atoms with van der Waals surface area (Å²) >= 11 is 0. The molecule has 0 heterocycles. The molecule has 0 saturated heterocycles. The second-order valence-corrected chi connectivity index (χ2v) is 6.13. The first-order valence-electron chi connectivity index (χ1n) is 6.27. The zero-order valence-electron chi connectivity index (χ0n) is 12.3. The van der Waals surface area contributed by atoms with Crippen molar-refractivity contribution >= 4 is 21.7 Å². The normalized spacial score (nSPS) is 11.2. The van der Waals surface area contributed by atoms with Gasteiger partial charge in [0.15, 0.2) is 0 Å². The monoisotopic (exact) mass is 316 g/mol. The lowest BCUT2D eigenvalue weighted by atomic mass is 10.2. The van der Waals surface area contributed by atoms with E-state index in [0.29, 0.717) is 18.7 Å². The van der Waals surface area contributed by atoms with Crippen LogP contribution < -0.4 is 10.0 Å². The van der Waals surface area contributed by atoms with Gasteiger partial charge in [0, 0.05) is 34.2 Å². The largest absolute Gasteiger partial charge is 0.462 e. The minimum atomic E-state index is -3.93. The summed E-state index contributed by atoms with van der Waals surface area (Å²) in [6.45, 7) is 0.683. The molecular weight excluding hydrogens is 296 g/mol. The van der Waals surface area contributed by atoms with E-state index >= 15 is 0 Å². The van der Waals surface area contributed by atoms with E-state index in [2.05, 4.69) is 0 Å². The number of esters is 1. The molecule has 0 aliphatic carbocycles. The maximum atomic E-state index is 11.9. The minimum Gasteiger partial charge on any atom is -0.462 e. The van der Waals surface area contributed by atoms with E-state index in [1.54, 1.807) is 26.1 Å². The van der Waals surface area contributed by atoms with Crippen LogP contribution in [-0.2, 0) is 19.5 Å². The number of nitrogens with two attached hydrogens (primary N) is 1. The van der Waals surface area contributed by atoms with Crippen molar-refractivity contribution in [2.45, 2.75) is 11.3 Å². The molecule has 0 fully saturated rings. The van der Waals surface area contributed by atoms with Crippen molar-refractivity contribution < 1.29 is 22.7 Å². The predicted molar refractivity (Wildman–Crippen MR) is 78.9 cm³/mol. The highest BCUT2D eigenvalue weighted by Crippen LogP contribution is 2.24. The van der Waals surface area contributed by atoms with E-state index < -0.39 is 16.0 Å². The molecule has 0 bridgehead atoms. The van der Waals surface area contributed by atoms with E-state index in [0.717, 1.165) is 0 Å². The Bertz CT molecular complexity index is 599. The van der Waals surface area contributed by atoms with Gasteiger partial charge in [-0.1, -0.05) is 0 Å². The van der Waals surface area contributed by atoms with Crippen LogP contribution >= 0.6 is 0 Å². The molecule has 2 N–H and O–H groups in total. The van der Waals surface area contributed by atoms with Crippen molar-refractivity contribution in [3.8, 4) is 0 Å². The Labute approximate surface area is 124 Å². The lowest BCUT2D eigenvalue weighted by Crippen LogP contribution is -2.20. The van der Waals surface area contributed by atoms with Gasteiger partial charge in [-0.05, 0) is 18.2 Å². The number of ether oxygens (including phenoxy) is 2. The molecule has 0 unspecified atom stereocenters. The van der Waals surface area contributed by atoms with Crippen LogP contribution in [0, 0.1) is 0 Å². The van der Waals surface area contributed by atoms with E-state index in [9.17, 15) is 13.2 Å². The summed E-state index contributed by atoms with van der Waals surface area (Å²) in [7, 11) is 0.997. The number of carbonyl (C=O) groups is 1. The van der Waals surface area contributed by atoms with Gasteiger partial charge in [-0.25, -0.2) is 18.4 Å². The molecule has 0 aliphatic heterocycles. The summed E-state index contributed by atoms with van der Waals surface area (Å²) in [4.78, 5) is 13.3. The average Bonchev–Trinajstić information content (AvgIpc) is 2.41. The first kappa shape index (κ1) is 17.4. The van der Waals surface area contributed by atoms with Gasteiger partial charge in [0.25, 0.3) is 0 Å². The average molecular weight is 316 g/mol. The van der Waals surface area contributed by atoms with Crippen LogP contribution in [0.4, 0.5) is 5.69 Å². The standard InChI is InChI=1S/C13H20N2O5S/c1-15(2)11-6-5-10(9-12(11)21(14,17)18)13(16)20-8-4-7-19-3/h5-6,9H,4,7-8H2,1-3H3,(H2,14,17,18). The fourth-order valence-electron chi connectivity index (χ4n) is 1.69. The van der Waals surface area contributed by atoms with Crippen LogP contribution in [0.15, 0.2) is 23.1 Å².